The van der Waals surface area contributed by atoms with Crippen molar-refractivity contribution in [1.29, 1.82) is 0 Å². The molecule has 21 heavy (non-hydrogen) atoms. The number of hydrogen-bond acceptors (Lipinski definition) is 3. The summed E-state index contributed by atoms with van der Waals surface area (Å²) in [5, 5.41) is 7.97. The number of ether oxygens (including phenoxy) is 1. The number of fused-ring (bicyclic) bond motifs is 1. The molecule has 1 aromatic carbocycles. The third kappa shape index (κ3) is 3.45. The van der Waals surface area contributed by atoms with Crippen LogP contribution in [0.4, 0.5) is 0 Å². The SMILES string of the molecule is CCCNCc1ccn(CC2Cc3cc(C)ccc3O2)n1. The van der Waals surface area contributed by atoms with Gasteiger partial charge in [0, 0.05) is 19.2 Å². The topological polar surface area (TPSA) is 39.1 Å². The second kappa shape index (κ2) is 6.31. The zero-order chi connectivity index (χ0) is 14.7. The van der Waals surface area contributed by atoms with Gasteiger partial charge < -0.3 is 10.1 Å². The van der Waals surface area contributed by atoms with Crippen LogP contribution in [0.1, 0.15) is 30.2 Å². The van der Waals surface area contributed by atoms with Crippen molar-refractivity contribution in [2.75, 3.05) is 6.54 Å². The third-order valence-electron chi connectivity index (χ3n) is 3.78. The van der Waals surface area contributed by atoms with Gasteiger partial charge in [-0.1, -0.05) is 24.6 Å². The van der Waals surface area contributed by atoms with Crippen LogP contribution in [0.15, 0.2) is 30.5 Å². The normalized spacial score (nSPS) is 16.8. The highest BCUT2D eigenvalue weighted by atomic mass is 16.5. The second-order valence-corrected chi connectivity index (χ2v) is 5.76. The number of nitrogens with zero attached hydrogens (tertiary/aromatic N) is 2. The van der Waals surface area contributed by atoms with Crippen molar-refractivity contribution < 1.29 is 4.74 Å². The zero-order valence-electron chi connectivity index (χ0n) is 12.8. The first kappa shape index (κ1) is 14.1. The van der Waals surface area contributed by atoms with E-state index in [0.29, 0.717) is 0 Å². The summed E-state index contributed by atoms with van der Waals surface area (Å²) in [5.74, 6) is 1.03. The fourth-order valence-electron chi connectivity index (χ4n) is 2.75. The van der Waals surface area contributed by atoms with E-state index in [1.54, 1.807) is 0 Å². The van der Waals surface area contributed by atoms with E-state index in [4.69, 9.17) is 4.74 Å². The van der Waals surface area contributed by atoms with Gasteiger partial charge in [-0.2, -0.15) is 5.10 Å². The molecule has 0 saturated heterocycles. The molecule has 2 aromatic rings. The third-order valence-corrected chi connectivity index (χ3v) is 3.78. The predicted octanol–water partition coefficient (Wildman–Crippen LogP) is 2.69. The Morgan fingerprint density at radius 2 is 2.29 bits per heavy atom. The lowest BCUT2D eigenvalue weighted by Gasteiger charge is -2.10. The predicted molar refractivity (Wildman–Crippen MR) is 83.5 cm³/mol. The number of rotatable bonds is 6. The molecule has 1 unspecified atom stereocenters. The van der Waals surface area contributed by atoms with Gasteiger partial charge in [-0.15, -0.1) is 0 Å². The summed E-state index contributed by atoms with van der Waals surface area (Å²) in [6.07, 6.45) is 4.35. The molecule has 112 valence electrons. The van der Waals surface area contributed by atoms with Gasteiger partial charge in [-0.05, 0) is 37.6 Å². The van der Waals surface area contributed by atoms with E-state index in [1.807, 2.05) is 10.9 Å². The Bertz CT molecular complexity index is 606. The summed E-state index contributed by atoms with van der Waals surface area (Å²) < 4.78 is 7.99. The van der Waals surface area contributed by atoms with Crippen LogP contribution >= 0.6 is 0 Å². The lowest BCUT2D eigenvalue weighted by Crippen LogP contribution is -2.21. The first-order valence-corrected chi connectivity index (χ1v) is 7.74. The van der Waals surface area contributed by atoms with Gasteiger partial charge in [-0.25, -0.2) is 0 Å². The van der Waals surface area contributed by atoms with Crippen molar-refractivity contribution in [2.24, 2.45) is 0 Å². The second-order valence-electron chi connectivity index (χ2n) is 5.76. The van der Waals surface area contributed by atoms with E-state index in [0.717, 1.165) is 43.9 Å². The van der Waals surface area contributed by atoms with Crippen molar-refractivity contribution in [3.05, 3.63) is 47.3 Å². The Labute approximate surface area is 126 Å². The Balaban J connectivity index is 1.56. The van der Waals surface area contributed by atoms with E-state index >= 15 is 0 Å². The molecule has 3 rings (SSSR count). The first-order valence-electron chi connectivity index (χ1n) is 7.74. The zero-order valence-corrected chi connectivity index (χ0v) is 12.8. The molecule has 1 N–H and O–H groups in total. The quantitative estimate of drug-likeness (QED) is 0.829. The minimum Gasteiger partial charge on any atom is -0.488 e. The van der Waals surface area contributed by atoms with Crippen LogP contribution in [0.25, 0.3) is 0 Å². The summed E-state index contributed by atoms with van der Waals surface area (Å²) in [4.78, 5) is 0. The molecule has 4 nitrogen and oxygen atoms in total. The number of aryl methyl sites for hydroxylation is 1. The van der Waals surface area contributed by atoms with Gasteiger partial charge in [-0.3, -0.25) is 4.68 Å². The highest BCUT2D eigenvalue weighted by molar-refractivity contribution is 5.40. The molecular weight excluding hydrogens is 262 g/mol. The summed E-state index contributed by atoms with van der Waals surface area (Å²) in [5.41, 5.74) is 3.70. The van der Waals surface area contributed by atoms with Gasteiger partial charge >= 0.3 is 0 Å². The number of nitrogens with one attached hydrogen (secondary N) is 1. The molecule has 0 saturated carbocycles. The van der Waals surface area contributed by atoms with Gasteiger partial charge in [0.05, 0.1) is 12.2 Å². The average Bonchev–Trinajstić information content (AvgIpc) is 3.05. The smallest absolute Gasteiger partial charge is 0.123 e. The van der Waals surface area contributed by atoms with Crippen LogP contribution < -0.4 is 10.1 Å². The summed E-state index contributed by atoms with van der Waals surface area (Å²) in [7, 11) is 0. The molecule has 1 aliphatic heterocycles. The molecule has 4 heteroatoms. The largest absolute Gasteiger partial charge is 0.488 e. The molecule has 0 bridgehead atoms. The Morgan fingerprint density at radius 1 is 1.38 bits per heavy atom. The fourth-order valence-corrected chi connectivity index (χ4v) is 2.75. The molecule has 1 aliphatic rings. The maximum Gasteiger partial charge on any atom is 0.123 e. The van der Waals surface area contributed by atoms with Crippen LogP contribution in [-0.4, -0.2) is 22.4 Å². The maximum atomic E-state index is 6.00. The molecule has 0 aliphatic carbocycles. The van der Waals surface area contributed by atoms with Gasteiger partial charge in [0.1, 0.15) is 11.9 Å². The highest BCUT2D eigenvalue weighted by Crippen LogP contribution is 2.29. The van der Waals surface area contributed by atoms with E-state index in [2.05, 4.69) is 48.5 Å². The molecule has 1 aromatic heterocycles. The highest BCUT2D eigenvalue weighted by Gasteiger charge is 2.23. The van der Waals surface area contributed by atoms with Crippen LogP contribution in [0.3, 0.4) is 0 Å². The first-order chi connectivity index (χ1) is 10.2. The number of aromatic nitrogens is 2. The molecule has 2 heterocycles. The van der Waals surface area contributed by atoms with Crippen molar-refractivity contribution >= 4 is 0 Å². The molecule has 0 amide bonds. The van der Waals surface area contributed by atoms with Crippen LogP contribution in [0.5, 0.6) is 5.75 Å². The van der Waals surface area contributed by atoms with E-state index in [1.165, 1.54) is 11.1 Å². The fraction of sp³-hybridized carbons (Fsp3) is 0.471. The standard InChI is InChI=1S/C17H23N3O/c1-3-7-18-11-15-6-8-20(19-15)12-16-10-14-9-13(2)4-5-17(14)21-16/h4-6,8-9,16,18H,3,7,10-12H2,1-2H3. The van der Waals surface area contributed by atoms with E-state index in [-0.39, 0.29) is 6.10 Å². The van der Waals surface area contributed by atoms with Crippen molar-refractivity contribution in [1.82, 2.24) is 15.1 Å². The maximum absolute atomic E-state index is 6.00. The Kier molecular flexibility index (Phi) is 4.25. The summed E-state index contributed by atoms with van der Waals surface area (Å²) in [6, 6.07) is 8.48. The lowest BCUT2D eigenvalue weighted by molar-refractivity contribution is 0.203. The minimum absolute atomic E-state index is 0.193. The lowest BCUT2D eigenvalue weighted by atomic mass is 10.1. The minimum atomic E-state index is 0.193. The van der Waals surface area contributed by atoms with E-state index in [9.17, 15) is 0 Å². The Morgan fingerprint density at radius 3 is 3.14 bits per heavy atom. The Hall–Kier alpha value is -1.81. The van der Waals surface area contributed by atoms with Crippen molar-refractivity contribution in [2.45, 2.75) is 45.9 Å². The van der Waals surface area contributed by atoms with Gasteiger partial charge in [0.25, 0.3) is 0 Å². The molecule has 1 atom stereocenters. The summed E-state index contributed by atoms with van der Waals surface area (Å²) in [6.45, 7) is 6.97. The molecule has 0 radical (unpaired) electrons. The van der Waals surface area contributed by atoms with Crippen LogP contribution in [0, 0.1) is 6.92 Å². The molecule has 0 fully saturated rings. The van der Waals surface area contributed by atoms with Crippen LogP contribution in [-0.2, 0) is 19.5 Å². The van der Waals surface area contributed by atoms with Gasteiger partial charge in [0.2, 0.25) is 0 Å². The van der Waals surface area contributed by atoms with E-state index < -0.39 is 0 Å². The number of benzene rings is 1. The molecular formula is C17H23N3O. The van der Waals surface area contributed by atoms with Crippen molar-refractivity contribution in [3.63, 3.8) is 0 Å². The monoisotopic (exact) mass is 285 g/mol. The number of hydrogen-bond donors (Lipinski definition) is 1. The van der Waals surface area contributed by atoms with Crippen molar-refractivity contribution in [3.8, 4) is 5.75 Å². The van der Waals surface area contributed by atoms with Gasteiger partial charge in [0.15, 0.2) is 0 Å². The summed E-state index contributed by atoms with van der Waals surface area (Å²) >= 11 is 0. The van der Waals surface area contributed by atoms with Crippen LogP contribution in [0.2, 0.25) is 0 Å². The molecule has 0 spiro atoms. The average molecular weight is 285 g/mol.